The molecule has 104 valence electrons. The molecule has 0 amide bonds. The zero-order valence-electron chi connectivity index (χ0n) is 12.5. The van der Waals surface area contributed by atoms with Crippen molar-refractivity contribution in [2.45, 2.75) is 64.7 Å². The van der Waals surface area contributed by atoms with Gasteiger partial charge in [0.25, 0.3) is 0 Å². The molecule has 0 heterocycles. The number of hydrogen-bond donors (Lipinski definition) is 0. The maximum Gasteiger partial charge on any atom is 0.248 e. The van der Waals surface area contributed by atoms with E-state index in [0.717, 1.165) is 6.04 Å². The van der Waals surface area contributed by atoms with Gasteiger partial charge in [0.1, 0.15) is 16.5 Å². The van der Waals surface area contributed by atoms with Crippen LogP contribution in [0.4, 0.5) is 0 Å². The molecule has 0 aliphatic heterocycles. The minimum Gasteiger partial charge on any atom is -0.346 e. The minimum atomic E-state index is -1.87. The summed E-state index contributed by atoms with van der Waals surface area (Å²) in [6.07, 6.45) is 2.43. The van der Waals surface area contributed by atoms with Gasteiger partial charge in [-0.2, -0.15) is 0 Å². The molecule has 0 spiro atoms. The van der Waals surface area contributed by atoms with Crippen molar-refractivity contribution in [1.82, 2.24) is 4.23 Å². The number of halogens is 2. The van der Waals surface area contributed by atoms with E-state index < -0.39 is 23.2 Å². The molecule has 0 atom stereocenters. The van der Waals surface area contributed by atoms with E-state index in [9.17, 15) is 0 Å². The van der Waals surface area contributed by atoms with Crippen molar-refractivity contribution in [2.75, 3.05) is 6.54 Å². The summed E-state index contributed by atoms with van der Waals surface area (Å²) in [5, 5.41) is 0. The normalized spacial score (nSPS) is 14.5. The van der Waals surface area contributed by atoms with Crippen LogP contribution < -0.4 is 0 Å². The van der Waals surface area contributed by atoms with E-state index in [1.807, 2.05) is 6.55 Å². The molecule has 0 aromatic rings. The summed E-state index contributed by atoms with van der Waals surface area (Å²) in [5.74, 6) is 0. The molecule has 0 N–H and O–H groups in total. The van der Waals surface area contributed by atoms with Crippen LogP contribution in [0.3, 0.4) is 0 Å². The number of unbranched alkanes of at least 4 members (excludes halogenated alkanes) is 1. The molecular formula is C11H29Cl2NSi3. The molecule has 0 fully saturated rings. The highest BCUT2D eigenvalue weighted by atomic mass is 35.7. The van der Waals surface area contributed by atoms with Gasteiger partial charge in [0.2, 0.25) is 6.69 Å². The van der Waals surface area contributed by atoms with Crippen LogP contribution in [-0.4, -0.2) is 33.9 Å². The summed E-state index contributed by atoms with van der Waals surface area (Å²) in [5.41, 5.74) is 0. The third-order valence-electron chi connectivity index (χ3n) is 2.87. The maximum absolute atomic E-state index is 6.14. The molecular weight excluding hydrogens is 301 g/mol. The van der Waals surface area contributed by atoms with Gasteiger partial charge in [-0.05, 0) is 25.6 Å². The molecule has 1 nitrogen and oxygen atoms in total. The first-order chi connectivity index (χ1) is 7.34. The highest BCUT2D eigenvalue weighted by Crippen LogP contribution is 2.24. The van der Waals surface area contributed by atoms with E-state index >= 15 is 0 Å². The molecule has 0 saturated carbocycles. The third kappa shape index (κ3) is 8.83. The lowest BCUT2D eigenvalue weighted by molar-refractivity contribution is 0.574. The van der Waals surface area contributed by atoms with Crippen LogP contribution in [0.2, 0.25) is 51.9 Å². The first-order valence-corrected chi connectivity index (χ1v) is 18.1. The molecule has 0 saturated heterocycles. The van der Waals surface area contributed by atoms with Gasteiger partial charge in [-0.25, -0.2) is 0 Å². The van der Waals surface area contributed by atoms with E-state index in [0.29, 0.717) is 0 Å². The Hall–Kier alpha value is 1.19. The summed E-state index contributed by atoms with van der Waals surface area (Å²) >= 11 is 12.3. The van der Waals surface area contributed by atoms with Crippen LogP contribution in [-0.2, 0) is 0 Å². The summed E-state index contributed by atoms with van der Waals surface area (Å²) in [4.78, 5) is 0. The predicted molar refractivity (Wildman–Crippen MR) is 90.8 cm³/mol. The molecule has 0 aliphatic rings. The maximum atomic E-state index is 6.14. The van der Waals surface area contributed by atoms with Crippen molar-refractivity contribution in [1.29, 1.82) is 0 Å². The SMILES string of the molecule is C[Si](Cl)(Cl)CCCCN([Si](C)(C)C)[Si](C)(C)C. The lowest BCUT2D eigenvalue weighted by Gasteiger charge is -2.43. The van der Waals surface area contributed by atoms with Gasteiger partial charge < -0.3 is 4.23 Å². The standard InChI is InChI=1S/C11H29Cl2NSi3/c1-15(2,3)14(16(4,5)6)10-8-9-11-17(7,12)13/h8-11H2,1-7H3. The van der Waals surface area contributed by atoms with Gasteiger partial charge in [0.15, 0.2) is 0 Å². The average Bonchev–Trinajstić information content (AvgIpc) is 1.95. The fraction of sp³-hybridized carbons (Fsp3) is 1.00. The Morgan fingerprint density at radius 1 is 0.765 bits per heavy atom. The smallest absolute Gasteiger partial charge is 0.248 e. The number of hydrogen-bond acceptors (Lipinski definition) is 1. The van der Waals surface area contributed by atoms with Gasteiger partial charge in [0.05, 0.1) is 0 Å². The lowest BCUT2D eigenvalue weighted by Crippen LogP contribution is -2.59. The van der Waals surface area contributed by atoms with Crippen molar-refractivity contribution in [2.24, 2.45) is 0 Å². The number of nitrogens with zero attached hydrogens (tertiary/aromatic N) is 1. The zero-order valence-corrected chi connectivity index (χ0v) is 17.0. The van der Waals surface area contributed by atoms with E-state index in [2.05, 4.69) is 43.5 Å². The van der Waals surface area contributed by atoms with Crippen molar-refractivity contribution in [3.8, 4) is 0 Å². The van der Waals surface area contributed by atoms with Crippen LogP contribution in [0.5, 0.6) is 0 Å². The third-order valence-corrected chi connectivity index (χ3v) is 12.9. The average molecular weight is 331 g/mol. The highest BCUT2D eigenvalue weighted by Gasteiger charge is 2.33. The van der Waals surface area contributed by atoms with E-state index in [1.165, 1.54) is 19.4 Å². The number of rotatable bonds is 7. The Labute approximate surface area is 120 Å². The van der Waals surface area contributed by atoms with Crippen LogP contribution in [0, 0.1) is 0 Å². The summed E-state index contributed by atoms with van der Waals surface area (Å²) in [7, 11) is -2.36. The van der Waals surface area contributed by atoms with E-state index in [4.69, 9.17) is 22.2 Å². The van der Waals surface area contributed by atoms with Gasteiger partial charge >= 0.3 is 0 Å². The Bertz CT molecular complexity index is 214. The first kappa shape index (κ1) is 18.2. The lowest BCUT2D eigenvalue weighted by atomic mass is 10.3. The van der Waals surface area contributed by atoms with Gasteiger partial charge in [-0.15, -0.1) is 22.2 Å². The van der Waals surface area contributed by atoms with Crippen LogP contribution in [0.1, 0.15) is 12.8 Å². The largest absolute Gasteiger partial charge is 0.346 e. The molecule has 0 radical (unpaired) electrons. The zero-order chi connectivity index (χ0) is 13.9. The molecule has 0 aromatic heterocycles. The molecule has 0 bridgehead atoms. The van der Waals surface area contributed by atoms with Crippen LogP contribution in [0.15, 0.2) is 0 Å². The Kier molecular flexibility index (Phi) is 7.03. The predicted octanol–water partition coefficient (Wildman–Crippen LogP) is 5.29. The van der Waals surface area contributed by atoms with Crippen molar-refractivity contribution in [3.05, 3.63) is 0 Å². The highest BCUT2D eigenvalue weighted by molar-refractivity contribution is 7.44. The second-order valence-electron chi connectivity index (χ2n) is 7.02. The molecule has 0 aromatic carbocycles. The second-order valence-corrected chi connectivity index (χ2v) is 25.5. The second kappa shape index (κ2) is 6.57. The quantitative estimate of drug-likeness (QED) is 0.348. The van der Waals surface area contributed by atoms with Crippen LogP contribution >= 0.6 is 22.2 Å². The minimum absolute atomic E-state index is 1.03. The first-order valence-electron chi connectivity index (χ1n) is 6.49. The molecule has 0 unspecified atom stereocenters. The van der Waals surface area contributed by atoms with E-state index in [1.54, 1.807) is 0 Å². The van der Waals surface area contributed by atoms with Crippen molar-refractivity contribution < 1.29 is 0 Å². The fourth-order valence-corrected chi connectivity index (χ4v) is 13.8. The fourth-order valence-electron chi connectivity index (χ4n) is 2.38. The summed E-state index contributed by atoms with van der Waals surface area (Å²) in [6, 6.07) is 1.03. The topological polar surface area (TPSA) is 3.24 Å². The summed E-state index contributed by atoms with van der Waals surface area (Å²) in [6.45, 7) is 16.1. The Balaban J connectivity index is 4.22. The van der Waals surface area contributed by atoms with Gasteiger partial charge in [0, 0.05) is 0 Å². The molecule has 6 heteroatoms. The Morgan fingerprint density at radius 3 is 1.47 bits per heavy atom. The van der Waals surface area contributed by atoms with Gasteiger partial charge in [-0.3, -0.25) is 0 Å². The van der Waals surface area contributed by atoms with E-state index in [-0.39, 0.29) is 0 Å². The molecule has 17 heavy (non-hydrogen) atoms. The Morgan fingerprint density at radius 2 is 1.18 bits per heavy atom. The monoisotopic (exact) mass is 329 g/mol. The summed E-state index contributed by atoms with van der Waals surface area (Å²) < 4.78 is 2.83. The van der Waals surface area contributed by atoms with Gasteiger partial charge in [-0.1, -0.05) is 45.7 Å². The van der Waals surface area contributed by atoms with Crippen molar-refractivity contribution >= 4 is 45.3 Å². The van der Waals surface area contributed by atoms with Crippen molar-refractivity contribution in [3.63, 3.8) is 0 Å². The molecule has 0 rings (SSSR count). The molecule has 0 aliphatic carbocycles. The van der Waals surface area contributed by atoms with Crippen LogP contribution in [0.25, 0.3) is 0 Å².